The lowest BCUT2D eigenvalue weighted by atomic mass is 10.1. The van der Waals surface area contributed by atoms with E-state index in [2.05, 4.69) is 10.6 Å². The molecule has 3 rings (SSSR count). The number of benzene rings is 1. The fourth-order valence-corrected chi connectivity index (χ4v) is 3.95. The molecule has 9 heteroatoms. The summed E-state index contributed by atoms with van der Waals surface area (Å²) in [6.07, 6.45) is 6.09. The molecular formula is C28H38N6O3. The maximum atomic E-state index is 12.6. The number of nitrogens with one attached hydrogen (secondary N) is 2. The molecule has 0 aliphatic heterocycles. The van der Waals surface area contributed by atoms with Gasteiger partial charge in [0.25, 0.3) is 5.91 Å². The molecule has 198 valence electrons. The van der Waals surface area contributed by atoms with Gasteiger partial charge >= 0.3 is 0 Å². The van der Waals surface area contributed by atoms with Crippen molar-refractivity contribution in [2.24, 2.45) is 5.73 Å². The van der Waals surface area contributed by atoms with E-state index in [1.807, 2.05) is 56.3 Å². The van der Waals surface area contributed by atoms with E-state index in [0.29, 0.717) is 36.8 Å². The van der Waals surface area contributed by atoms with Crippen molar-refractivity contribution in [3.05, 3.63) is 64.9 Å². The number of anilines is 2. The predicted octanol–water partition coefficient (Wildman–Crippen LogP) is 2.73. The molecule has 1 aromatic carbocycles. The van der Waals surface area contributed by atoms with Gasteiger partial charge in [-0.2, -0.15) is 0 Å². The van der Waals surface area contributed by atoms with Crippen molar-refractivity contribution in [2.75, 3.05) is 39.5 Å². The van der Waals surface area contributed by atoms with Crippen LogP contribution in [0, 0.1) is 6.92 Å². The highest BCUT2D eigenvalue weighted by atomic mass is 16.2. The van der Waals surface area contributed by atoms with Crippen molar-refractivity contribution in [3.63, 3.8) is 0 Å². The minimum atomic E-state index is -0.593. The summed E-state index contributed by atoms with van der Waals surface area (Å²) in [6.45, 7) is 4.74. The van der Waals surface area contributed by atoms with Crippen LogP contribution in [0.2, 0.25) is 0 Å². The lowest BCUT2D eigenvalue weighted by Crippen LogP contribution is -2.45. The van der Waals surface area contributed by atoms with Gasteiger partial charge in [0.1, 0.15) is 11.9 Å². The summed E-state index contributed by atoms with van der Waals surface area (Å²) in [6, 6.07) is 8.96. The SMILES string of the molecule is Cc1cc(C(N)=O)c(Nc2cccc(CCNC(=O)C(C)N(C)C(=O)/C=C/CN(C)C)c2)nc1C1CC1. The summed E-state index contributed by atoms with van der Waals surface area (Å²) in [5.74, 6) is -0.0400. The predicted molar refractivity (Wildman–Crippen MR) is 146 cm³/mol. The van der Waals surface area contributed by atoms with E-state index in [-0.39, 0.29) is 11.8 Å². The molecule has 1 aliphatic carbocycles. The molecule has 0 radical (unpaired) electrons. The zero-order valence-corrected chi connectivity index (χ0v) is 22.4. The topological polar surface area (TPSA) is 121 Å². The molecular weight excluding hydrogens is 468 g/mol. The highest BCUT2D eigenvalue weighted by Gasteiger charge is 2.28. The number of nitrogens with zero attached hydrogens (tertiary/aromatic N) is 3. The van der Waals surface area contributed by atoms with Crippen LogP contribution in [-0.4, -0.2) is 72.8 Å². The fourth-order valence-electron chi connectivity index (χ4n) is 3.95. The van der Waals surface area contributed by atoms with Crippen molar-refractivity contribution in [1.82, 2.24) is 20.1 Å². The number of nitrogens with two attached hydrogens (primary N) is 1. The number of likely N-dealkylation sites (N-methyl/N-ethyl adjacent to an activating group) is 2. The number of primary amides is 1. The molecule has 1 heterocycles. The summed E-state index contributed by atoms with van der Waals surface area (Å²) in [4.78, 5) is 45.0. The van der Waals surface area contributed by atoms with Crippen LogP contribution in [0.5, 0.6) is 0 Å². The van der Waals surface area contributed by atoms with Crippen LogP contribution in [0.3, 0.4) is 0 Å². The molecule has 1 fully saturated rings. The van der Waals surface area contributed by atoms with Crippen LogP contribution in [0.25, 0.3) is 0 Å². The van der Waals surface area contributed by atoms with Crippen molar-refractivity contribution in [2.45, 2.75) is 45.1 Å². The van der Waals surface area contributed by atoms with Gasteiger partial charge in [0.05, 0.1) is 5.56 Å². The molecule has 0 spiro atoms. The smallest absolute Gasteiger partial charge is 0.252 e. The second-order valence-electron chi connectivity index (χ2n) is 9.88. The Labute approximate surface area is 219 Å². The summed E-state index contributed by atoms with van der Waals surface area (Å²) < 4.78 is 0. The van der Waals surface area contributed by atoms with E-state index >= 15 is 0 Å². The summed E-state index contributed by atoms with van der Waals surface area (Å²) in [5.41, 5.74) is 9.76. The standard InChI is InChI=1S/C28H38N6O3/c1-18-16-23(26(29)36)27(32-25(18)21-11-12-21)31-22-9-6-8-20(17-22)13-14-30-28(37)19(2)34(5)24(35)10-7-15-33(3)4/h6-10,16-17,19,21H,11-15H2,1-5H3,(H2,29,36)(H,30,37)(H,31,32)/b10-7+. The maximum Gasteiger partial charge on any atom is 0.252 e. The zero-order valence-electron chi connectivity index (χ0n) is 22.4. The second-order valence-corrected chi connectivity index (χ2v) is 9.88. The number of pyridine rings is 1. The molecule has 4 N–H and O–H groups in total. The molecule has 2 aromatic rings. The van der Waals surface area contributed by atoms with Gasteiger partial charge < -0.3 is 26.2 Å². The van der Waals surface area contributed by atoms with Crippen LogP contribution >= 0.6 is 0 Å². The third-order valence-corrected chi connectivity index (χ3v) is 6.42. The molecule has 1 aliphatic rings. The molecule has 1 saturated carbocycles. The largest absolute Gasteiger partial charge is 0.365 e. The van der Waals surface area contributed by atoms with Gasteiger partial charge in [0, 0.05) is 43.5 Å². The van der Waals surface area contributed by atoms with E-state index < -0.39 is 11.9 Å². The van der Waals surface area contributed by atoms with Crippen LogP contribution in [0.15, 0.2) is 42.5 Å². The highest BCUT2D eigenvalue weighted by molar-refractivity contribution is 5.98. The Morgan fingerprint density at radius 3 is 2.57 bits per heavy atom. The fraction of sp³-hybridized carbons (Fsp3) is 0.429. The second kappa shape index (κ2) is 12.5. The number of aromatic nitrogens is 1. The number of rotatable bonds is 12. The molecule has 3 amide bonds. The lowest BCUT2D eigenvalue weighted by Gasteiger charge is -2.23. The molecule has 0 saturated heterocycles. The Hall–Kier alpha value is -3.72. The molecule has 0 bridgehead atoms. The summed E-state index contributed by atoms with van der Waals surface area (Å²) in [5, 5.41) is 6.17. The van der Waals surface area contributed by atoms with Gasteiger partial charge in [-0.3, -0.25) is 14.4 Å². The Morgan fingerprint density at radius 1 is 1.19 bits per heavy atom. The van der Waals surface area contributed by atoms with Gasteiger partial charge in [-0.25, -0.2) is 4.98 Å². The van der Waals surface area contributed by atoms with Crippen LogP contribution in [0.1, 0.15) is 52.9 Å². The zero-order chi connectivity index (χ0) is 27.1. The van der Waals surface area contributed by atoms with E-state index in [1.165, 1.54) is 11.0 Å². The highest BCUT2D eigenvalue weighted by Crippen LogP contribution is 2.41. The Morgan fingerprint density at radius 2 is 1.92 bits per heavy atom. The van der Waals surface area contributed by atoms with Gasteiger partial charge in [0.2, 0.25) is 11.8 Å². The number of aryl methyl sites for hydroxylation is 1. The van der Waals surface area contributed by atoms with Crippen LogP contribution < -0.4 is 16.4 Å². The third kappa shape index (κ3) is 7.88. The summed E-state index contributed by atoms with van der Waals surface area (Å²) >= 11 is 0. The number of amides is 3. The van der Waals surface area contributed by atoms with Crippen molar-refractivity contribution in [1.29, 1.82) is 0 Å². The van der Waals surface area contributed by atoms with Gasteiger partial charge in [-0.05, 0) is 76.5 Å². The number of carbonyl (C=O) groups excluding carboxylic acids is 3. The molecule has 37 heavy (non-hydrogen) atoms. The average Bonchev–Trinajstić information content (AvgIpc) is 3.69. The first-order valence-electron chi connectivity index (χ1n) is 12.6. The van der Waals surface area contributed by atoms with Crippen LogP contribution in [-0.2, 0) is 16.0 Å². The quantitative estimate of drug-likeness (QED) is 0.381. The van der Waals surface area contributed by atoms with Crippen molar-refractivity contribution < 1.29 is 14.4 Å². The normalized spacial score (nSPS) is 14.0. The first kappa shape index (κ1) is 27.9. The van der Waals surface area contributed by atoms with Gasteiger partial charge in [0.15, 0.2) is 0 Å². The van der Waals surface area contributed by atoms with Crippen molar-refractivity contribution in [3.8, 4) is 0 Å². The minimum absolute atomic E-state index is 0.214. The van der Waals surface area contributed by atoms with E-state index in [9.17, 15) is 14.4 Å². The lowest BCUT2D eigenvalue weighted by molar-refractivity contribution is -0.135. The number of hydrogen-bond acceptors (Lipinski definition) is 6. The van der Waals surface area contributed by atoms with Gasteiger partial charge in [-0.15, -0.1) is 0 Å². The van der Waals surface area contributed by atoms with E-state index in [1.54, 1.807) is 20.0 Å². The monoisotopic (exact) mass is 506 g/mol. The number of carbonyl (C=O) groups is 3. The summed E-state index contributed by atoms with van der Waals surface area (Å²) in [7, 11) is 5.46. The minimum Gasteiger partial charge on any atom is -0.365 e. The first-order chi connectivity index (χ1) is 17.6. The van der Waals surface area contributed by atoms with Crippen molar-refractivity contribution >= 4 is 29.2 Å². The van der Waals surface area contributed by atoms with E-state index in [4.69, 9.17) is 10.7 Å². The Kier molecular flexibility index (Phi) is 9.41. The third-order valence-electron chi connectivity index (χ3n) is 6.42. The average molecular weight is 507 g/mol. The molecule has 1 atom stereocenters. The molecule has 9 nitrogen and oxygen atoms in total. The number of hydrogen-bond donors (Lipinski definition) is 3. The molecule has 1 unspecified atom stereocenters. The van der Waals surface area contributed by atoms with E-state index in [0.717, 1.165) is 35.3 Å². The van der Waals surface area contributed by atoms with Gasteiger partial charge in [-0.1, -0.05) is 18.2 Å². The van der Waals surface area contributed by atoms with Crippen LogP contribution in [0.4, 0.5) is 11.5 Å². The Bertz CT molecular complexity index is 1170. The first-order valence-corrected chi connectivity index (χ1v) is 12.6. The molecule has 1 aromatic heterocycles. The Balaban J connectivity index is 1.58. The maximum absolute atomic E-state index is 12.6.